The Kier molecular flexibility index (Phi) is 7.86. The molecule has 0 bridgehead atoms. The van der Waals surface area contributed by atoms with Crippen LogP contribution >= 0.6 is 11.3 Å². The number of carboxylic acids is 1. The van der Waals surface area contributed by atoms with Gasteiger partial charge in [-0.3, -0.25) is 4.79 Å². The quantitative estimate of drug-likeness (QED) is 0.495. The van der Waals surface area contributed by atoms with Gasteiger partial charge in [0.1, 0.15) is 4.88 Å². The number of hydrogen-bond acceptors (Lipinski definition) is 4. The number of carboxylic acid groups (broad SMARTS) is 1. The molecule has 0 aliphatic heterocycles. The predicted molar refractivity (Wildman–Crippen MR) is 133 cm³/mol. The highest BCUT2D eigenvalue weighted by molar-refractivity contribution is 7.18. The number of carbonyl (C=O) groups is 2. The van der Waals surface area contributed by atoms with Crippen molar-refractivity contribution in [2.24, 2.45) is 11.8 Å². The van der Waals surface area contributed by atoms with Crippen molar-refractivity contribution in [1.29, 1.82) is 0 Å². The average Bonchev–Trinajstić information content (AvgIpc) is 3.30. The molecule has 5 nitrogen and oxygen atoms in total. The Morgan fingerprint density at radius 2 is 1.70 bits per heavy atom. The van der Waals surface area contributed by atoms with Crippen LogP contribution in [0, 0.1) is 11.8 Å². The fourth-order valence-electron chi connectivity index (χ4n) is 5.51. The van der Waals surface area contributed by atoms with Crippen LogP contribution in [0.15, 0.2) is 36.4 Å². The van der Waals surface area contributed by atoms with E-state index in [1.165, 1.54) is 17.8 Å². The molecule has 33 heavy (non-hydrogen) atoms. The van der Waals surface area contributed by atoms with Crippen LogP contribution in [-0.2, 0) is 9.53 Å². The van der Waals surface area contributed by atoms with Crippen molar-refractivity contribution in [2.75, 3.05) is 12.0 Å². The summed E-state index contributed by atoms with van der Waals surface area (Å²) in [7, 11) is 1.74. The molecular weight excluding hydrogens is 434 g/mol. The minimum Gasteiger partial charge on any atom is -0.477 e. The van der Waals surface area contributed by atoms with Gasteiger partial charge in [0.15, 0.2) is 0 Å². The van der Waals surface area contributed by atoms with E-state index in [2.05, 4.69) is 6.92 Å². The van der Waals surface area contributed by atoms with Gasteiger partial charge in [0, 0.05) is 23.9 Å². The van der Waals surface area contributed by atoms with E-state index in [0.717, 1.165) is 61.8 Å². The van der Waals surface area contributed by atoms with E-state index in [-0.39, 0.29) is 28.8 Å². The molecule has 2 aromatic rings. The number of benzene rings is 1. The highest BCUT2D eigenvalue weighted by Gasteiger charge is 2.37. The Bertz CT molecular complexity index is 940. The first-order valence-corrected chi connectivity index (χ1v) is 13.1. The summed E-state index contributed by atoms with van der Waals surface area (Å²) in [4.78, 5) is 29.3. The van der Waals surface area contributed by atoms with Crippen LogP contribution in [0.1, 0.15) is 74.4 Å². The Morgan fingerprint density at radius 1 is 1.03 bits per heavy atom. The molecule has 1 heterocycles. The van der Waals surface area contributed by atoms with Crippen molar-refractivity contribution in [2.45, 2.75) is 76.9 Å². The van der Waals surface area contributed by atoms with Crippen molar-refractivity contribution >= 4 is 28.9 Å². The van der Waals surface area contributed by atoms with Gasteiger partial charge in [-0.15, -0.1) is 11.3 Å². The van der Waals surface area contributed by atoms with Crippen molar-refractivity contribution in [1.82, 2.24) is 0 Å². The second-order valence-corrected chi connectivity index (χ2v) is 10.5. The minimum absolute atomic E-state index is 0.0177. The van der Waals surface area contributed by atoms with Gasteiger partial charge in [-0.2, -0.15) is 0 Å². The van der Waals surface area contributed by atoms with Gasteiger partial charge in [-0.25, -0.2) is 4.79 Å². The second kappa shape index (κ2) is 10.8. The first-order chi connectivity index (χ1) is 16.0. The van der Waals surface area contributed by atoms with Crippen molar-refractivity contribution in [3.8, 4) is 10.4 Å². The summed E-state index contributed by atoms with van der Waals surface area (Å²) in [5.41, 5.74) is 1.56. The molecule has 1 amide bonds. The first-order valence-electron chi connectivity index (χ1n) is 12.3. The number of methoxy groups -OCH3 is 1. The maximum Gasteiger partial charge on any atom is 0.348 e. The lowest BCUT2D eigenvalue weighted by Crippen LogP contribution is -2.47. The molecule has 4 rings (SSSR count). The van der Waals surface area contributed by atoms with E-state index in [1.54, 1.807) is 7.11 Å². The maximum atomic E-state index is 14.0. The molecule has 0 unspecified atom stereocenters. The minimum atomic E-state index is -0.963. The average molecular weight is 470 g/mol. The lowest BCUT2D eigenvalue weighted by atomic mass is 9.79. The SMILES string of the molecule is CCC1CCC(C(=O)N(c2cc(-c3ccccc3)sc2C(=O)O)C2CCC(OC)CC2)CC1. The Morgan fingerprint density at radius 3 is 2.27 bits per heavy atom. The lowest BCUT2D eigenvalue weighted by molar-refractivity contribution is -0.124. The molecule has 2 aliphatic carbocycles. The first kappa shape index (κ1) is 24.0. The zero-order valence-corrected chi connectivity index (χ0v) is 20.5. The largest absolute Gasteiger partial charge is 0.477 e. The standard InChI is InChI=1S/C27H35NO4S/c1-3-18-9-11-20(12-10-18)26(29)28(21-13-15-22(32-2)16-14-21)23-17-24(33-25(23)27(30)31)19-7-5-4-6-8-19/h4-8,17-18,20-22H,3,9-16H2,1-2H3,(H,30,31). The molecule has 0 atom stereocenters. The zero-order valence-electron chi connectivity index (χ0n) is 19.7. The molecule has 1 aromatic carbocycles. The normalized spacial score (nSPS) is 25.5. The van der Waals surface area contributed by atoms with E-state index in [0.29, 0.717) is 11.6 Å². The van der Waals surface area contributed by atoms with Crippen LogP contribution in [0.3, 0.4) is 0 Å². The third-order valence-electron chi connectivity index (χ3n) is 7.58. The molecule has 0 spiro atoms. The topological polar surface area (TPSA) is 66.8 Å². The van der Waals surface area contributed by atoms with Gasteiger partial charge in [-0.1, -0.05) is 43.7 Å². The molecule has 2 saturated carbocycles. The van der Waals surface area contributed by atoms with Gasteiger partial charge in [0.05, 0.1) is 11.8 Å². The number of aromatic carboxylic acids is 1. The maximum absolute atomic E-state index is 14.0. The van der Waals surface area contributed by atoms with Gasteiger partial charge < -0.3 is 14.7 Å². The molecule has 1 aromatic heterocycles. The summed E-state index contributed by atoms with van der Waals surface area (Å²) < 4.78 is 5.55. The van der Waals surface area contributed by atoms with E-state index in [4.69, 9.17) is 4.74 Å². The van der Waals surface area contributed by atoms with Crippen LogP contribution in [0.25, 0.3) is 10.4 Å². The molecule has 2 aliphatic rings. The fraction of sp³-hybridized carbons (Fsp3) is 0.556. The third-order valence-corrected chi connectivity index (χ3v) is 8.74. The van der Waals surface area contributed by atoms with Crippen LogP contribution in [0.4, 0.5) is 5.69 Å². The lowest BCUT2D eigenvalue weighted by Gasteiger charge is -2.39. The van der Waals surface area contributed by atoms with E-state index in [1.807, 2.05) is 41.3 Å². The number of thiophene rings is 1. The van der Waals surface area contributed by atoms with Crippen LogP contribution in [-0.4, -0.2) is 36.2 Å². The van der Waals surface area contributed by atoms with Gasteiger partial charge in [0.2, 0.25) is 5.91 Å². The smallest absolute Gasteiger partial charge is 0.348 e. The molecule has 6 heteroatoms. The Balaban J connectivity index is 1.69. The molecular formula is C27H35NO4S. The summed E-state index contributed by atoms with van der Waals surface area (Å²) in [6, 6.07) is 11.8. The summed E-state index contributed by atoms with van der Waals surface area (Å²) in [5, 5.41) is 10.1. The Hall–Kier alpha value is -2.18. The van der Waals surface area contributed by atoms with E-state index >= 15 is 0 Å². The molecule has 1 N–H and O–H groups in total. The highest BCUT2D eigenvalue weighted by atomic mass is 32.1. The fourth-order valence-corrected chi connectivity index (χ4v) is 6.50. The monoisotopic (exact) mass is 469 g/mol. The number of rotatable bonds is 7. The number of nitrogens with zero attached hydrogens (tertiary/aromatic N) is 1. The Labute approximate surface area is 200 Å². The molecule has 0 radical (unpaired) electrons. The zero-order chi connectivity index (χ0) is 23.4. The molecule has 178 valence electrons. The van der Waals surface area contributed by atoms with Crippen molar-refractivity contribution in [3.63, 3.8) is 0 Å². The predicted octanol–water partition coefficient (Wildman–Crippen LogP) is 6.62. The van der Waals surface area contributed by atoms with Crippen molar-refractivity contribution < 1.29 is 19.4 Å². The second-order valence-electron chi connectivity index (χ2n) is 9.50. The number of anilines is 1. The van der Waals surface area contributed by atoms with Crippen LogP contribution < -0.4 is 4.90 Å². The molecule has 0 saturated heterocycles. The summed E-state index contributed by atoms with van der Waals surface area (Å²) in [5.74, 6) is -0.157. The number of ether oxygens (including phenoxy) is 1. The van der Waals surface area contributed by atoms with Crippen LogP contribution in [0.5, 0.6) is 0 Å². The van der Waals surface area contributed by atoms with Crippen LogP contribution in [0.2, 0.25) is 0 Å². The summed E-state index contributed by atoms with van der Waals surface area (Å²) in [6.45, 7) is 2.23. The van der Waals surface area contributed by atoms with E-state index < -0.39 is 5.97 Å². The third kappa shape index (κ3) is 5.33. The summed E-state index contributed by atoms with van der Waals surface area (Å²) in [6.07, 6.45) is 8.83. The van der Waals surface area contributed by atoms with Gasteiger partial charge in [-0.05, 0) is 68.9 Å². The highest BCUT2D eigenvalue weighted by Crippen LogP contribution is 2.42. The van der Waals surface area contributed by atoms with Gasteiger partial charge >= 0.3 is 5.97 Å². The number of hydrogen-bond donors (Lipinski definition) is 1. The number of amides is 1. The summed E-state index contributed by atoms with van der Waals surface area (Å²) >= 11 is 1.27. The molecule has 2 fully saturated rings. The van der Waals surface area contributed by atoms with Gasteiger partial charge in [0.25, 0.3) is 0 Å². The van der Waals surface area contributed by atoms with Crippen molar-refractivity contribution in [3.05, 3.63) is 41.3 Å². The number of carbonyl (C=O) groups excluding carboxylic acids is 1. The van der Waals surface area contributed by atoms with E-state index in [9.17, 15) is 14.7 Å².